The number of pyridine rings is 1. The molecule has 4 heteroatoms. The Morgan fingerprint density at radius 2 is 2.24 bits per heavy atom. The molecule has 0 atom stereocenters. The van der Waals surface area contributed by atoms with Crippen LogP contribution in [0.3, 0.4) is 0 Å². The fraction of sp³-hybridized carbons (Fsp3) is 0.154. The Kier molecular flexibility index (Phi) is 4.12. The Hall–Kier alpha value is -1.39. The number of hydrogen-bond donors (Lipinski definition) is 1. The van der Waals surface area contributed by atoms with E-state index in [0.29, 0.717) is 6.61 Å². The predicted molar refractivity (Wildman–Crippen MR) is 72.4 cm³/mol. The van der Waals surface area contributed by atoms with Gasteiger partial charge in [-0.2, -0.15) is 0 Å². The number of nitrogens with zero attached hydrogens (tertiary/aromatic N) is 1. The van der Waals surface area contributed by atoms with E-state index < -0.39 is 0 Å². The van der Waals surface area contributed by atoms with E-state index in [1.54, 1.807) is 19.5 Å². The second kappa shape index (κ2) is 5.80. The van der Waals surface area contributed by atoms with Crippen LogP contribution in [0, 0.1) is 0 Å². The lowest BCUT2D eigenvalue weighted by molar-refractivity contribution is 0.185. The molecule has 0 spiro atoms. The number of ether oxygens (including phenoxy) is 1. The molecule has 1 N–H and O–H groups in total. The van der Waals surface area contributed by atoms with Crippen molar-refractivity contribution in [2.45, 2.75) is 6.61 Å². The highest BCUT2D eigenvalue weighted by Gasteiger charge is 2.00. The molecule has 1 heterocycles. The van der Waals surface area contributed by atoms with Gasteiger partial charge in [-0.3, -0.25) is 4.98 Å². The van der Waals surface area contributed by atoms with Gasteiger partial charge in [0.15, 0.2) is 0 Å². The van der Waals surface area contributed by atoms with Crippen LogP contribution in [-0.4, -0.2) is 12.1 Å². The number of rotatable bonds is 4. The zero-order chi connectivity index (χ0) is 12.1. The number of aromatic nitrogens is 1. The molecule has 0 aliphatic rings. The van der Waals surface area contributed by atoms with E-state index in [2.05, 4.69) is 32.3 Å². The topological polar surface area (TPSA) is 34.1 Å². The van der Waals surface area contributed by atoms with E-state index in [1.807, 2.05) is 24.3 Å². The predicted octanol–water partition coefficient (Wildman–Crippen LogP) is 3.73. The van der Waals surface area contributed by atoms with Gasteiger partial charge in [0.1, 0.15) is 0 Å². The van der Waals surface area contributed by atoms with Crippen molar-refractivity contribution in [3.8, 4) is 0 Å². The molecule has 2 aromatic rings. The first-order chi connectivity index (χ1) is 8.29. The minimum absolute atomic E-state index is 0.618. The second-order valence-corrected chi connectivity index (χ2v) is 4.47. The molecule has 0 aliphatic heterocycles. The fourth-order valence-electron chi connectivity index (χ4n) is 1.54. The molecule has 0 saturated carbocycles. The van der Waals surface area contributed by atoms with Gasteiger partial charge in [0, 0.05) is 25.2 Å². The molecule has 0 bridgehead atoms. The number of anilines is 2. The summed E-state index contributed by atoms with van der Waals surface area (Å²) in [5, 5.41) is 3.33. The van der Waals surface area contributed by atoms with Crippen molar-refractivity contribution in [1.82, 2.24) is 4.98 Å². The summed E-state index contributed by atoms with van der Waals surface area (Å²) in [5.41, 5.74) is 3.17. The van der Waals surface area contributed by atoms with Gasteiger partial charge in [-0.05, 0) is 39.7 Å². The molecule has 0 aliphatic carbocycles. The maximum Gasteiger partial charge on any atom is 0.0713 e. The van der Waals surface area contributed by atoms with Crippen LogP contribution in [0.4, 0.5) is 11.4 Å². The van der Waals surface area contributed by atoms with Crippen LogP contribution in [-0.2, 0) is 11.3 Å². The number of nitrogens with one attached hydrogen (secondary N) is 1. The van der Waals surface area contributed by atoms with Gasteiger partial charge < -0.3 is 10.1 Å². The minimum atomic E-state index is 0.618. The molecular formula is C13H13BrN2O. The largest absolute Gasteiger partial charge is 0.380 e. The van der Waals surface area contributed by atoms with Crippen molar-refractivity contribution in [3.63, 3.8) is 0 Å². The maximum atomic E-state index is 5.11. The van der Waals surface area contributed by atoms with E-state index >= 15 is 0 Å². The summed E-state index contributed by atoms with van der Waals surface area (Å²) in [6.45, 7) is 0.618. The first kappa shape index (κ1) is 12.1. The van der Waals surface area contributed by atoms with E-state index in [9.17, 15) is 0 Å². The summed E-state index contributed by atoms with van der Waals surface area (Å²) in [6, 6.07) is 10.1. The number of hydrogen-bond acceptors (Lipinski definition) is 3. The highest BCUT2D eigenvalue weighted by molar-refractivity contribution is 9.10. The molecule has 1 aromatic heterocycles. The summed E-state index contributed by atoms with van der Waals surface area (Å²) in [4.78, 5) is 4.03. The molecular weight excluding hydrogens is 280 g/mol. The molecule has 3 nitrogen and oxygen atoms in total. The Balaban J connectivity index is 2.18. The quantitative estimate of drug-likeness (QED) is 0.932. The monoisotopic (exact) mass is 292 g/mol. The summed E-state index contributed by atoms with van der Waals surface area (Å²) in [7, 11) is 1.69. The molecule has 0 amide bonds. The Morgan fingerprint density at radius 3 is 3.00 bits per heavy atom. The SMILES string of the molecule is COCc1cccc(Nc2ccncc2Br)c1. The van der Waals surface area contributed by atoms with E-state index in [4.69, 9.17) is 4.74 Å². The summed E-state index contributed by atoms with van der Waals surface area (Å²) >= 11 is 3.45. The smallest absolute Gasteiger partial charge is 0.0713 e. The van der Waals surface area contributed by atoms with Gasteiger partial charge in [0.25, 0.3) is 0 Å². The minimum Gasteiger partial charge on any atom is -0.380 e. The number of halogens is 1. The highest BCUT2D eigenvalue weighted by Crippen LogP contribution is 2.24. The van der Waals surface area contributed by atoms with Crippen molar-refractivity contribution in [2.24, 2.45) is 0 Å². The van der Waals surface area contributed by atoms with Crippen LogP contribution in [0.15, 0.2) is 47.2 Å². The van der Waals surface area contributed by atoms with Crippen molar-refractivity contribution in [1.29, 1.82) is 0 Å². The third-order valence-electron chi connectivity index (χ3n) is 2.29. The number of methoxy groups -OCH3 is 1. The lowest BCUT2D eigenvalue weighted by Gasteiger charge is -2.09. The zero-order valence-corrected chi connectivity index (χ0v) is 11.1. The van der Waals surface area contributed by atoms with Crippen molar-refractivity contribution < 1.29 is 4.74 Å². The van der Waals surface area contributed by atoms with Gasteiger partial charge in [-0.1, -0.05) is 12.1 Å². The van der Waals surface area contributed by atoms with Crippen molar-refractivity contribution in [3.05, 3.63) is 52.8 Å². The van der Waals surface area contributed by atoms with E-state index in [0.717, 1.165) is 21.4 Å². The number of benzene rings is 1. The molecule has 88 valence electrons. The maximum absolute atomic E-state index is 5.11. The normalized spacial score (nSPS) is 10.2. The van der Waals surface area contributed by atoms with E-state index in [1.165, 1.54) is 0 Å². The molecule has 1 aromatic carbocycles. The Morgan fingerprint density at radius 1 is 1.35 bits per heavy atom. The Labute approximate surface area is 109 Å². The van der Waals surface area contributed by atoms with Crippen LogP contribution in [0.1, 0.15) is 5.56 Å². The van der Waals surface area contributed by atoms with Gasteiger partial charge in [0.2, 0.25) is 0 Å². The van der Waals surface area contributed by atoms with Crippen LogP contribution in [0.2, 0.25) is 0 Å². The van der Waals surface area contributed by atoms with Crippen LogP contribution >= 0.6 is 15.9 Å². The first-order valence-electron chi connectivity index (χ1n) is 5.24. The van der Waals surface area contributed by atoms with Crippen molar-refractivity contribution >= 4 is 27.3 Å². The second-order valence-electron chi connectivity index (χ2n) is 3.61. The van der Waals surface area contributed by atoms with Gasteiger partial charge in [-0.25, -0.2) is 0 Å². The first-order valence-corrected chi connectivity index (χ1v) is 6.03. The molecule has 0 fully saturated rings. The third-order valence-corrected chi connectivity index (χ3v) is 2.92. The molecule has 0 unspecified atom stereocenters. The molecule has 0 radical (unpaired) electrons. The summed E-state index contributed by atoms with van der Waals surface area (Å²) in [5.74, 6) is 0. The Bertz CT molecular complexity index is 502. The fourth-order valence-corrected chi connectivity index (χ4v) is 1.89. The van der Waals surface area contributed by atoms with Crippen LogP contribution in [0.5, 0.6) is 0 Å². The summed E-state index contributed by atoms with van der Waals surface area (Å²) < 4.78 is 6.05. The van der Waals surface area contributed by atoms with Crippen LogP contribution < -0.4 is 5.32 Å². The molecule has 2 rings (SSSR count). The van der Waals surface area contributed by atoms with E-state index in [-0.39, 0.29) is 0 Å². The highest BCUT2D eigenvalue weighted by atomic mass is 79.9. The van der Waals surface area contributed by atoms with Crippen molar-refractivity contribution in [2.75, 3.05) is 12.4 Å². The molecule has 0 saturated heterocycles. The lowest BCUT2D eigenvalue weighted by Crippen LogP contribution is -1.94. The average Bonchev–Trinajstić information content (AvgIpc) is 2.33. The standard InChI is InChI=1S/C13H13BrN2O/c1-17-9-10-3-2-4-11(7-10)16-13-5-6-15-8-12(13)14/h2-8H,9H2,1H3,(H,15,16). The van der Waals surface area contributed by atoms with Gasteiger partial charge in [-0.15, -0.1) is 0 Å². The zero-order valence-electron chi connectivity index (χ0n) is 9.48. The average molecular weight is 293 g/mol. The third kappa shape index (κ3) is 3.28. The lowest BCUT2D eigenvalue weighted by atomic mass is 10.2. The van der Waals surface area contributed by atoms with Gasteiger partial charge in [0.05, 0.1) is 16.8 Å². The summed E-state index contributed by atoms with van der Waals surface area (Å²) in [6.07, 6.45) is 3.52. The van der Waals surface area contributed by atoms with Gasteiger partial charge >= 0.3 is 0 Å². The molecule has 17 heavy (non-hydrogen) atoms. The van der Waals surface area contributed by atoms with Crippen LogP contribution in [0.25, 0.3) is 0 Å².